The second kappa shape index (κ2) is 8.21. The Morgan fingerprint density at radius 2 is 2.20 bits per heavy atom. The van der Waals surface area contributed by atoms with Gasteiger partial charge >= 0.3 is 6.03 Å². The van der Waals surface area contributed by atoms with Crippen LogP contribution in [0.25, 0.3) is 0 Å². The van der Waals surface area contributed by atoms with E-state index in [0.717, 1.165) is 25.0 Å². The average molecular weight is 299 g/mol. The Hall–Kier alpha value is -1.14. The lowest BCUT2D eigenvalue weighted by molar-refractivity contribution is 0.167. The summed E-state index contributed by atoms with van der Waals surface area (Å²) in [4.78, 5) is 19.3. The largest absolute Gasteiger partial charge is 0.393 e. The van der Waals surface area contributed by atoms with Crippen molar-refractivity contribution in [2.45, 2.75) is 52.6 Å². The Kier molecular flexibility index (Phi) is 6.95. The molecule has 2 N–H and O–H groups in total. The summed E-state index contributed by atoms with van der Waals surface area (Å²) in [5, 5.41) is 12.7. The first-order chi connectivity index (χ1) is 9.47. The molecule has 2 amide bonds. The molecule has 20 heavy (non-hydrogen) atoms. The lowest BCUT2D eigenvalue weighted by atomic mass is 10.2. The Bertz CT molecular complexity index is 432. The number of aliphatic hydroxyl groups is 1. The summed E-state index contributed by atoms with van der Waals surface area (Å²) >= 11 is 1.55. The molecule has 114 valence electrons. The summed E-state index contributed by atoms with van der Waals surface area (Å²) in [6.07, 6.45) is 3.13. The fourth-order valence-corrected chi connectivity index (χ4v) is 2.75. The standard InChI is InChI=1S/C14H25N3O2S/c1-5-7-11-12(6-2)20-13(15-11)16-14(19)17(4)9-8-10(3)18/h10,18H,5-9H2,1-4H3,(H,15,16,19). The van der Waals surface area contributed by atoms with E-state index in [1.165, 1.54) is 4.88 Å². The number of hydrogen-bond donors (Lipinski definition) is 2. The quantitative estimate of drug-likeness (QED) is 0.813. The first-order valence-corrected chi connectivity index (χ1v) is 7.98. The fourth-order valence-electron chi connectivity index (χ4n) is 1.81. The second-order valence-corrected chi connectivity index (χ2v) is 6.07. The van der Waals surface area contributed by atoms with Crippen LogP contribution in [-0.2, 0) is 12.8 Å². The molecule has 0 radical (unpaired) electrons. The molecule has 6 heteroatoms. The monoisotopic (exact) mass is 299 g/mol. The lowest BCUT2D eigenvalue weighted by Crippen LogP contribution is -2.33. The molecule has 0 bridgehead atoms. The number of rotatable bonds is 7. The van der Waals surface area contributed by atoms with Gasteiger partial charge in [-0.15, -0.1) is 11.3 Å². The molecule has 5 nitrogen and oxygen atoms in total. The molecule has 0 saturated carbocycles. The van der Waals surface area contributed by atoms with Crippen molar-refractivity contribution in [1.29, 1.82) is 0 Å². The maximum Gasteiger partial charge on any atom is 0.323 e. The molecule has 1 aromatic heterocycles. The highest BCUT2D eigenvalue weighted by Gasteiger charge is 2.14. The molecule has 0 aliphatic heterocycles. The molecule has 0 spiro atoms. The molecule has 0 aliphatic rings. The SMILES string of the molecule is CCCc1nc(NC(=O)N(C)CCC(C)O)sc1CC. The van der Waals surface area contributed by atoms with E-state index < -0.39 is 6.10 Å². The molecule has 1 unspecified atom stereocenters. The fraction of sp³-hybridized carbons (Fsp3) is 0.714. The van der Waals surface area contributed by atoms with Crippen LogP contribution in [0.4, 0.5) is 9.93 Å². The van der Waals surface area contributed by atoms with E-state index in [-0.39, 0.29) is 6.03 Å². The van der Waals surface area contributed by atoms with Gasteiger partial charge < -0.3 is 10.0 Å². The molecular weight excluding hydrogens is 274 g/mol. The summed E-state index contributed by atoms with van der Waals surface area (Å²) in [7, 11) is 1.72. The topological polar surface area (TPSA) is 65.5 Å². The van der Waals surface area contributed by atoms with E-state index in [1.807, 2.05) is 0 Å². The van der Waals surface area contributed by atoms with Crippen LogP contribution in [0, 0.1) is 0 Å². The molecule has 1 atom stereocenters. The van der Waals surface area contributed by atoms with Crippen molar-refractivity contribution in [2.24, 2.45) is 0 Å². The van der Waals surface area contributed by atoms with Crippen molar-refractivity contribution in [1.82, 2.24) is 9.88 Å². The highest BCUT2D eigenvalue weighted by atomic mass is 32.1. The average Bonchev–Trinajstić information content (AvgIpc) is 2.78. The highest BCUT2D eigenvalue weighted by Crippen LogP contribution is 2.24. The molecule has 1 heterocycles. The van der Waals surface area contributed by atoms with Gasteiger partial charge in [0.1, 0.15) is 0 Å². The number of hydrogen-bond acceptors (Lipinski definition) is 4. The van der Waals surface area contributed by atoms with Crippen LogP contribution < -0.4 is 5.32 Å². The number of carbonyl (C=O) groups excluding carboxylic acids is 1. The molecule has 0 aromatic carbocycles. The first-order valence-electron chi connectivity index (χ1n) is 7.16. The number of urea groups is 1. The third-order valence-corrected chi connectivity index (χ3v) is 4.19. The van der Waals surface area contributed by atoms with E-state index in [9.17, 15) is 9.90 Å². The Morgan fingerprint density at radius 1 is 1.50 bits per heavy atom. The van der Waals surface area contributed by atoms with Gasteiger partial charge in [-0.1, -0.05) is 20.3 Å². The summed E-state index contributed by atoms with van der Waals surface area (Å²) in [6, 6.07) is -0.176. The van der Waals surface area contributed by atoms with Gasteiger partial charge in [0.2, 0.25) is 0 Å². The summed E-state index contributed by atoms with van der Waals surface area (Å²) in [5.41, 5.74) is 1.10. The van der Waals surface area contributed by atoms with Crippen LogP contribution in [-0.4, -0.2) is 40.7 Å². The lowest BCUT2D eigenvalue weighted by Gasteiger charge is -2.17. The van der Waals surface area contributed by atoms with Crippen LogP contribution in [0.2, 0.25) is 0 Å². The van der Waals surface area contributed by atoms with Crippen LogP contribution in [0.3, 0.4) is 0 Å². The maximum absolute atomic E-state index is 12.0. The van der Waals surface area contributed by atoms with E-state index >= 15 is 0 Å². The number of thiazole rings is 1. The van der Waals surface area contributed by atoms with Crippen LogP contribution >= 0.6 is 11.3 Å². The summed E-state index contributed by atoms with van der Waals surface area (Å²) in [6.45, 7) is 6.47. The van der Waals surface area contributed by atoms with Crippen molar-refractivity contribution in [3.05, 3.63) is 10.6 Å². The van der Waals surface area contributed by atoms with Crippen molar-refractivity contribution in [2.75, 3.05) is 18.9 Å². The van der Waals surface area contributed by atoms with Crippen molar-refractivity contribution < 1.29 is 9.90 Å². The minimum Gasteiger partial charge on any atom is -0.393 e. The predicted molar refractivity (Wildman–Crippen MR) is 83.4 cm³/mol. The third-order valence-electron chi connectivity index (χ3n) is 3.03. The van der Waals surface area contributed by atoms with Crippen molar-refractivity contribution in [3.63, 3.8) is 0 Å². The van der Waals surface area contributed by atoms with E-state index in [1.54, 1.807) is 30.2 Å². The molecule has 0 saturated heterocycles. The normalized spacial score (nSPS) is 12.2. The van der Waals surface area contributed by atoms with Crippen molar-refractivity contribution in [3.8, 4) is 0 Å². The number of aryl methyl sites for hydroxylation is 2. The zero-order valence-electron chi connectivity index (χ0n) is 12.8. The Labute approximate surface area is 125 Å². The van der Waals surface area contributed by atoms with Crippen LogP contribution in [0.1, 0.15) is 44.2 Å². The predicted octanol–water partition coefficient (Wildman–Crippen LogP) is 2.89. The minimum absolute atomic E-state index is 0.176. The number of aliphatic hydroxyl groups excluding tert-OH is 1. The van der Waals surface area contributed by atoms with E-state index in [2.05, 4.69) is 24.1 Å². The van der Waals surface area contributed by atoms with Gasteiger partial charge in [-0.2, -0.15) is 0 Å². The van der Waals surface area contributed by atoms with Crippen LogP contribution in [0.15, 0.2) is 0 Å². The third kappa shape index (κ3) is 5.09. The Morgan fingerprint density at radius 3 is 2.75 bits per heavy atom. The smallest absolute Gasteiger partial charge is 0.323 e. The molecular formula is C14H25N3O2S. The van der Waals surface area contributed by atoms with Crippen molar-refractivity contribution >= 4 is 22.5 Å². The van der Waals surface area contributed by atoms with Gasteiger partial charge in [0.15, 0.2) is 5.13 Å². The van der Waals surface area contributed by atoms with Gasteiger partial charge in [-0.05, 0) is 26.2 Å². The summed E-state index contributed by atoms with van der Waals surface area (Å²) in [5.74, 6) is 0. The molecule has 1 aromatic rings. The zero-order chi connectivity index (χ0) is 15.1. The zero-order valence-corrected chi connectivity index (χ0v) is 13.6. The van der Waals surface area contributed by atoms with Gasteiger partial charge in [-0.3, -0.25) is 5.32 Å². The highest BCUT2D eigenvalue weighted by molar-refractivity contribution is 7.15. The number of carbonyl (C=O) groups is 1. The van der Waals surface area contributed by atoms with E-state index in [0.29, 0.717) is 18.1 Å². The molecule has 0 fully saturated rings. The molecule has 1 rings (SSSR count). The van der Waals surface area contributed by atoms with Gasteiger partial charge in [0.05, 0.1) is 11.8 Å². The van der Waals surface area contributed by atoms with Gasteiger partial charge in [-0.25, -0.2) is 9.78 Å². The number of amides is 2. The number of anilines is 1. The van der Waals surface area contributed by atoms with Gasteiger partial charge in [0, 0.05) is 18.5 Å². The van der Waals surface area contributed by atoms with Crippen LogP contribution in [0.5, 0.6) is 0 Å². The number of nitrogens with zero attached hydrogens (tertiary/aromatic N) is 2. The van der Waals surface area contributed by atoms with E-state index in [4.69, 9.17) is 0 Å². The Balaban J connectivity index is 2.61. The number of aromatic nitrogens is 1. The maximum atomic E-state index is 12.0. The second-order valence-electron chi connectivity index (χ2n) is 4.98. The van der Waals surface area contributed by atoms with Gasteiger partial charge in [0.25, 0.3) is 0 Å². The summed E-state index contributed by atoms with van der Waals surface area (Å²) < 4.78 is 0. The number of nitrogens with one attached hydrogen (secondary N) is 1. The molecule has 0 aliphatic carbocycles. The first kappa shape index (κ1) is 16.9. The minimum atomic E-state index is -0.395.